The van der Waals surface area contributed by atoms with E-state index in [0.717, 1.165) is 5.69 Å². The summed E-state index contributed by atoms with van der Waals surface area (Å²) in [6, 6.07) is 5.03. The van der Waals surface area contributed by atoms with Crippen molar-refractivity contribution in [3.63, 3.8) is 0 Å². The molecule has 19 heavy (non-hydrogen) atoms. The minimum Gasteiger partial charge on any atom is -0.497 e. The first-order chi connectivity index (χ1) is 9.10. The predicted octanol–water partition coefficient (Wildman–Crippen LogP) is 1.63. The minimum absolute atomic E-state index is 0.229. The molecule has 6 nitrogen and oxygen atoms in total. The van der Waals surface area contributed by atoms with Gasteiger partial charge in [-0.15, -0.1) is 0 Å². The van der Waals surface area contributed by atoms with E-state index >= 15 is 0 Å². The summed E-state index contributed by atoms with van der Waals surface area (Å²) >= 11 is 0. The lowest BCUT2D eigenvalue weighted by atomic mass is 10.2. The predicted molar refractivity (Wildman–Crippen MR) is 72.1 cm³/mol. The van der Waals surface area contributed by atoms with E-state index in [2.05, 4.69) is 15.3 Å². The normalized spacial score (nSPS) is 10.0. The number of aryl methyl sites for hydroxylation is 1. The fourth-order valence-corrected chi connectivity index (χ4v) is 1.47. The second-order valence-electron chi connectivity index (χ2n) is 3.95. The van der Waals surface area contributed by atoms with Crippen molar-refractivity contribution in [3.8, 4) is 5.75 Å². The summed E-state index contributed by atoms with van der Waals surface area (Å²) in [5.41, 5.74) is 7.70. The van der Waals surface area contributed by atoms with Gasteiger partial charge in [0.15, 0.2) is 0 Å². The van der Waals surface area contributed by atoms with E-state index in [-0.39, 0.29) is 11.6 Å². The van der Waals surface area contributed by atoms with Crippen molar-refractivity contribution in [2.75, 3.05) is 18.2 Å². The molecule has 98 valence electrons. The van der Waals surface area contributed by atoms with E-state index in [1.54, 1.807) is 32.2 Å². The first-order valence-corrected chi connectivity index (χ1v) is 5.63. The largest absolute Gasteiger partial charge is 0.497 e. The zero-order valence-electron chi connectivity index (χ0n) is 10.7. The second kappa shape index (κ2) is 5.34. The molecule has 2 rings (SSSR count). The topological polar surface area (TPSA) is 90.1 Å². The smallest absolute Gasteiger partial charge is 0.275 e. The number of ether oxygens (including phenoxy) is 1. The van der Waals surface area contributed by atoms with Gasteiger partial charge in [-0.25, -0.2) is 4.98 Å². The van der Waals surface area contributed by atoms with Crippen LogP contribution in [0.5, 0.6) is 5.75 Å². The lowest BCUT2D eigenvalue weighted by Gasteiger charge is -2.09. The highest BCUT2D eigenvalue weighted by atomic mass is 16.5. The summed E-state index contributed by atoms with van der Waals surface area (Å²) in [6.45, 7) is 1.80. The van der Waals surface area contributed by atoms with Crippen LogP contribution in [0.2, 0.25) is 0 Å². The van der Waals surface area contributed by atoms with Crippen molar-refractivity contribution in [2.24, 2.45) is 0 Å². The highest BCUT2D eigenvalue weighted by Gasteiger charge is 2.10. The Kier molecular flexibility index (Phi) is 3.61. The molecule has 0 unspecified atom stereocenters. The molecule has 0 aliphatic heterocycles. The number of hydrogen-bond acceptors (Lipinski definition) is 5. The number of rotatable bonds is 3. The third-order valence-corrected chi connectivity index (χ3v) is 2.52. The standard InChI is InChI=1S/C13H14N4O2/c1-8-6-16-12(7-15-8)13(18)17-11-5-9(19-2)3-4-10(11)14/h3-7H,14H2,1-2H3,(H,17,18). The highest BCUT2D eigenvalue weighted by Crippen LogP contribution is 2.24. The molecule has 1 aromatic carbocycles. The van der Waals surface area contributed by atoms with Crippen LogP contribution in [0.25, 0.3) is 0 Å². The molecule has 3 N–H and O–H groups in total. The lowest BCUT2D eigenvalue weighted by Crippen LogP contribution is -2.15. The van der Waals surface area contributed by atoms with Crippen LogP contribution in [0.3, 0.4) is 0 Å². The van der Waals surface area contributed by atoms with Crippen molar-refractivity contribution in [3.05, 3.63) is 42.0 Å². The van der Waals surface area contributed by atoms with Gasteiger partial charge in [-0.05, 0) is 19.1 Å². The van der Waals surface area contributed by atoms with Crippen LogP contribution >= 0.6 is 0 Å². The summed E-state index contributed by atoms with van der Waals surface area (Å²) in [4.78, 5) is 20.0. The Labute approximate surface area is 110 Å². The van der Waals surface area contributed by atoms with Gasteiger partial charge in [0.2, 0.25) is 0 Å². The summed E-state index contributed by atoms with van der Waals surface area (Å²) in [5, 5.41) is 2.67. The average molecular weight is 258 g/mol. The van der Waals surface area contributed by atoms with E-state index in [1.165, 1.54) is 12.4 Å². The Bertz CT molecular complexity index is 596. The Morgan fingerprint density at radius 1 is 1.32 bits per heavy atom. The number of methoxy groups -OCH3 is 1. The van der Waals surface area contributed by atoms with Gasteiger partial charge in [-0.3, -0.25) is 9.78 Å². The minimum atomic E-state index is -0.368. The molecule has 0 aliphatic rings. The number of carbonyl (C=O) groups is 1. The molecule has 0 saturated heterocycles. The molecule has 6 heteroatoms. The number of nitrogens with one attached hydrogen (secondary N) is 1. The van der Waals surface area contributed by atoms with Crippen LogP contribution in [0.15, 0.2) is 30.6 Å². The summed E-state index contributed by atoms with van der Waals surface area (Å²) in [7, 11) is 1.54. The second-order valence-corrected chi connectivity index (χ2v) is 3.95. The molecular formula is C13H14N4O2. The summed E-state index contributed by atoms with van der Waals surface area (Å²) < 4.78 is 5.08. The van der Waals surface area contributed by atoms with Crippen LogP contribution in [0.1, 0.15) is 16.2 Å². The molecule has 0 radical (unpaired) electrons. The van der Waals surface area contributed by atoms with Crippen molar-refractivity contribution >= 4 is 17.3 Å². The molecule has 0 fully saturated rings. The summed E-state index contributed by atoms with van der Waals surface area (Å²) in [5.74, 6) is 0.243. The van der Waals surface area contributed by atoms with Gasteiger partial charge in [0, 0.05) is 12.3 Å². The van der Waals surface area contributed by atoms with Crippen molar-refractivity contribution < 1.29 is 9.53 Å². The van der Waals surface area contributed by atoms with E-state index in [0.29, 0.717) is 17.1 Å². The van der Waals surface area contributed by atoms with Crippen LogP contribution in [0.4, 0.5) is 11.4 Å². The van der Waals surface area contributed by atoms with E-state index in [9.17, 15) is 4.79 Å². The zero-order chi connectivity index (χ0) is 13.8. The monoisotopic (exact) mass is 258 g/mol. The quantitative estimate of drug-likeness (QED) is 0.816. The number of hydrogen-bond donors (Lipinski definition) is 2. The van der Waals surface area contributed by atoms with Crippen LogP contribution < -0.4 is 15.8 Å². The zero-order valence-corrected chi connectivity index (χ0v) is 10.7. The van der Waals surface area contributed by atoms with Gasteiger partial charge >= 0.3 is 0 Å². The van der Waals surface area contributed by atoms with Gasteiger partial charge in [0.05, 0.1) is 30.4 Å². The van der Waals surface area contributed by atoms with Crippen molar-refractivity contribution in [1.29, 1.82) is 0 Å². The van der Waals surface area contributed by atoms with Gasteiger partial charge in [0.1, 0.15) is 11.4 Å². The molecule has 0 bridgehead atoms. The molecular weight excluding hydrogens is 244 g/mol. The fraction of sp³-hybridized carbons (Fsp3) is 0.154. The van der Waals surface area contributed by atoms with E-state index < -0.39 is 0 Å². The molecule has 1 amide bonds. The number of carbonyl (C=O) groups excluding carboxylic acids is 1. The highest BCUT2D eigenvalue weighted by molar-refractivity contribution is 6.04. The van der Waals surface area contributed by atoms with Gasteiger partial charge in [0.25, 0.3) is 5.91 Å². The average Bonchev–Trinajstić information content (AvgIpc) is 2.42. The number of benzene rings is 1. The SMILES string of the molecule is COc1ccc(N)c(NC(=O)c2cnc(C)cn2)c1. The van der Waals surface area contributed by atoms with Gasteiger partial charge in [-0.2, -0.15) is 0 Å². The Hall–Kier alpha value is -2.63. The number of amides is 1. The van der Waals surface area contributed by atoms with Crippen molar-refractivity contribution in [2.45, 2.75) is 6.92 Å². The molecule has 0 atom stereocenters. The number of nitrogens with zero attached hydrogens (tertiary/aromatic N) is 2. The number of nitrogen functional groups attached to an aromatic ring is 1. The third kappa shape index (κ3) is 2.98. The Morgan fingerprint density at radius 2 is 2.11 bits per heavy atom. The molecule has 2 aromatic rings. The third-order valence-electron chi connectivity index (χ3n) is 2.52. The first kappa shape index (κ1) is 12.8. The van der Waals surface area contributed by atoms with Crippen LogP contribution in [-0.2, 0) is 0 Å². The fourth-order valence-electron chi connectivity index (χ4n) is 1.47. The first-order valence-electron chi connectivity index (χ1n) is 5.63. The number of aromatic nitrogens is 2. The molecule has 0 saturated carbocycles. The number of nitrogens with two attached hydrogens (primary N) is 1. The van der Waals surface area contributed by atoms with Crippen LogP contribution in [-0.4, -0.2) is 23.0 Å². The summed E-state index contributed by atoms with van der Waals surface area (Å²) in [6.07, 6.45) is 2.95. The van der Waals surface area contributed by atoms with E-state index in [1.807, 2.05) is 0 Å². The number of anilines is 2. The maximum absolute atomic E-state index is 12.0. The maximum Gasteiger partial charge on any atom is 0.275 e. The molecule has 0 aliphatic carbocycles. The van der Waals surface area contributed by atoms with E-state index in [4.69, 9.17) is 10.5 Å². The molecule has 1 heterocycles. The van der Waals surface area contributed by atoms with Gasteiger partial charge < -0.3 is 15.8 Å². The molecule has 1 aromatic heterocycles. The maximum atomic E-state index is 12.0. The lowest BCUT2D eigenvalue weighted by molar-refractivity contribution is 0.102. The van der Waals surface area contributed by atoms with Crippen molar-refractivity contribution in [1.82, 2.24) is 9.97 Å². The Morgan fingerprint density at radius 3 is 2.74 bits per heavy atom. The Balaban J connectivity index is 2.21. The van der Waals surface area contributed by atoms with Gasteiger partial charge in [-0.1, -0.05) is 0 Å². The van der Waals surface area contributed by atoms with Crippen LogP contribution in [0, 0.1) is 6.92 Å². The molecule has 0 spiro atoms.